The zero-order valence-corrected chi connectivity index (χ0v) is 15.1. The number of rotatable bonds is 3. The first-order valence-corrected chi connectivity index (χ1v) is 9.01. The summed E-state index contributed by atoms with van der Waals surface area (Å²) in [6.07, 6.45) is 5.60. The lowest BCUT2D eigenvalue weighted by atomic mass is 9.90. The SMILES string of the molecule is Cc1ccc(-c2cn[nH]c2[C@@H]2CCCN(C(=O)c3ccnn3C)C2)cc1. The smallest absolute Gasteiger partial charge is 0.272 e. The van der Waals surface area contributed by atoms with E-state index in [0.29, 0.717) is 12.2 Å². The third-order valence-electron chi connectivity index (χ3n) is 5.19. The molecule has 0 aliphatic carbocycles. The summed E-state index contributed by atoms with van der Waals surface area (Å²) in [6.45, 7) is 3.57. The summed E-state index contributed by atoms with van der Waals surface area (Å²) in [7, 11) is 1.80. The molecule has 1 N–H and O–H groups in total. The quantitative estimate of drug-likeness (QED) is 0.790. The minimum absolute atomic E-state index is 0.0473. The Morgan fingerprint density at radius 1 is 1.23 bits per heavy atom. The molecule has 3 heterocycles. The number of amides is 1. The first-order chi connectivity index (χ1) is 12.6. The van der Waals surface area contributed by atoms with Gasteiger partial charge in [-0.05, 0) is 31.4 Å². The van der Waals surface area contributed by atoms with E-state index in [2.05, 4.69) is 46.5 Å². The number of H-pyrrole nitrogens is 1. The fourth-order valence-electron chi connectivity index (χ4n) is 3.71. The molecule has 2 aromatic heterocycles. The first-order valence-electron chi connectivity index (χ1n) is 9.01. The number of likely N-dealkylation sites (tertiary alicyclic amines) is 1. The molecule has 134 valence electrons. The van der Waals surface area contributed by atoms with Crippen molar-refractivity contribution >= 4 is 5.91 Å². The van der Waals surface area contributed by atoms with Gasteiger partial charge in [0.2, 0.25) is 0 Å². The maximum absolute atomic E-state index is 12.8. The number of hydrogen-bond donors (Lipinski definition) is 1. The van der Waals surface area contributed by atoms with Gasteiger partial charge >= 0.3 is 0 Å². The minimum Gasteiger partial charge on any atom is -0.337 e. The zero-order chi connectivity index (χ0) is 18.1. The predicted octanol–water partition coefficient (Wildman–Crippen LogP) is 3.14. The second-order valence-electron chi connectivity index (χ2n) is 6.99. The lowest BCUT2D eigenvalue weighted by molar-refractivity contribution is 0.0695. The molecular formula is C20H23N5O. The first kappa shape index (κ1) is 16.6. The molecule has 1 aliphatic heterocycles. The van der Waals surface area contributed by atoms with Crippen LogP contribution in [0.5, 0.6) is 0 Å². The average molecular weight is 349 g/mol. The van der Waals surface area contributed by atoms with Crippen LogP contribution >= 0.6 is 0 Å². The van der Waals surface area contributed by atoms with Crippen LogP contribution in [0, 0.1) is 6.92 Å². The van der Waals surface area contributed by atoms with E-state index in [4.69, 9.17) is 0 Å². The van der Waals surface area contributed by atoms with Gasteiger partial charge in [0.15, 0.2) is 0 Å². The Labute approximate surface area is 152 Å². The Balaban J connectivity index is 1.57. The van der Waals surface area contributed by atoms with E-state index in [9.17, 15) is 4.79 Å². The summed E-state index contributed by atoms with van der Waals surface area (Å²) in [5, 5.41) is 11.6. The average Bonchev–Trinajstić information content (AvgIpc) is 3.31. The molecule has 0 spiro atoms. The van der Waals surface area contributed by atoms with Crippen molar-refractivity contribution in [1.29, 1.82) is 0 Å². The molecule has 0 radical (unpaired) electrons. The molecule has 0 saturated carbocycles. The number of benzene rings is 1. The van der Waals surface area contributed by atoms with E-state index in [1.807, 2.05) is 11.1 Å². The normalized spacial score (nSPS) is 17.5. The van der Waals surface area contributed by atoms with Gasteiger partial charge in [-0.15, -0.1) is 0 Å². The van der Waals surface area contributed by atoms with E-state index >= 15 is 0 Å². The second kappa shape index (κ2) is 6.78. The van der Waals surface area contributed by atoms with E-state index < -0.39 is 0 Å². The number of nitrogens with one attached hydrogen (secondary N) is 1. The number of carbonyl (C=O) groups is 1. The van der Waals surface area contributed by atoms with Crippen molar-refractivity contribution in [1.82, 2.24) is 24.9 Å². The molecule has 3 aromatic rings. The Hall–Kier alpha value is -2.89. The van der Waals surface area contributed by atoms with Crippen molar-refractivity contribution in [3.8, 4) is 11.1 Å². The van der Waals surface area contributed by atoms with E-state index in [1.54, 1.807) is 24.0 Å². The molecule has 0 unspecified atom stereocenters. The van der Waals surface area contributed by atoms with Crippen molar-refractivity contribution < 1.29 is 4.79 Å². The Kier molecular flexibility index (Phi) is 4.32. The van der Waals surface area contributed by atoms with Crippen LogP contribution in [0.25, 0.3) is 11.1 Å². The van der Waals surface area contributed by atoms with E-state index in [0.717, 1.165) is 36.2 Å². The van der Waals surface area contributed by atoms with Crippen molar-refractivity contribution in [2.45, 2.75) is 25.7 Å². The molecular weight excluding hydrogens is 326 g/mol. The standard InChI is InChI=1S/C20H23N5O/c1-14-5-7-15(8-6-14)17-12-21-23-19(17)16-4-3-11-25(13-16)20(26)18-9-10-22-24(18)2/h5-10,12,16H,3-4,11,13H2,1-2H3,(H,21,23)/t16-/m1/s1. The van der Waals surface area contributed by atoms with E-state index in [-0.39, 0.29) is 11.8 Å². The van der Waals surface area contributed by atoms with Gasteiger partial charge in [-0.2, -0.15) is 10.2 Å². The fourth-order valence-corrected chi connectivity index (χ4v) is 3.71. The molecule has 1 fully saturated rings. The van der Waals surface area contributed by atoms with Gasteiger partial charge in [0.25, 0.3) is 5.91 Å². The molecule has 1 atom stereocenters. The second-order valence-corrected chi connectivity index (χ2v) is 6.99. The number of aromatic nitrogens is 4. The van der Waals surface area contributed by atoms with Gasteiger partial charge in [0.1, 0.15) is 5.69 Å². The molecule has 1 aromatic carbocycles. The van der Waals surface area contributed by atoms with Crippen LogP contribution < -0.4 is 0 Å². The molecule has 1 amide bonds. The topological polar surface area (TPSA) is 66.8 Å². The van der Waals surface area contributed by atoms with Crippen LogP contribution in [0.1, 0.15) is 40.5 Å². The highest BCUT2D eigenvalue weighted by Gasteiger charge is 2.29. The van der Waals surface area contributed by atoms with Crippen LogP contribution in [0.4, 0.5) is 0 Å². The molecule has 4 rings (SSSR count). The number of aromatic amines is 1. The lowest BCUT2D eigenvalue weighted by Gasteiger charge is -2.32. The monoisotopic (exact) mass is 349 g/mol. The summed E-state index contributed by atoms with van der Waals surface area (Å²) in [4.78, 5) is 14.8. The number of aryl methyl sites for hydroxylation is 2. The van der Waals surface area contributed by atoms with Crippen LogP contribution in [0.2, 0.25) is 0 Å². The zero-order valence-electron chi connectivity index (χ0n) is 15.1. The highest BCUT2D eigenvalue weighted by atomic mass is 16.2. The maximum atomic E-state index is 12.8. The van der Waals surface area contributed by atoms with Crippen molar-refractivity contribution in [3.63, 3.8) is 0 Å². The highest BCUT2D eigenvalue weighted by Crippen LogP contribution is 2.33. The van der Waals surface area contributed by atoms with Gasteiger partial charge in [-0.25, -0.2) is 0 Å². The van der Waals surface area contributed by atoms with E-state index in [1.165, 1.54) is 5.56 Å². The summed E-state index contributed by atoms with van der Waals surface area (Å²) < 4.78 is 1.64. The van der Waals surface area contributed by atoms with Gasteiger partial charge in [0, 0.05) is 43.5 Å². The predicted molar refractivity (Wildman–Crippen MR) is 99.8 cm³/mol. The Bertz CT molecular complexity index is 908. The molecule has 1 aliphatic rings. The largest absolute Gasteiger partial charge is 0.337 e. The third-order valence-corrected chi connectivity index (χ3v) is 5.19. The lowest BCUT2D eigenvalue weighted by Crippen LogP contribution is -2.40. The van der Waals surface area contributed by atoms with Crippen LogP contribution in [0.3, 0.4) is 0 Å². The molecule has 1 saturated heterocycles. The molecule has 0 bridgehead atoms. The molecule has 6 heteroatoms. The number of hydrogen-bond acceptors (Lipinski definition) is 3. The van der Waals surface area contributed by atoms with Crippen LogP contribution in [-0.2, 0) is 7.05 Å². The summed E-state index contributed by atoms with van der Waals surface area (Å²) in [5.41, 5.74) is 5.29. The Morgan fingerprint density at radius 2 is 2.04 bits per heavy atom. The van der Waals surface area contributed by atoms with Gasteiger partial charge in [-0.3, -0.25) is 14.6 Å². The minimum atomic E-state index is 0.0473. The van der Waals surface area contributed by atoms with Crippen molar-refractivity contribution in [3.05, 3.63) is 59.7 Å². The van der Waals surface area contributed by atoms with Crippen molar-refractivity contribution in [2.75, 3.05) is 13.1 Å². The number of piperidine rings is 1. The summed E-state index contributed by atoms with van der Waals surface area (Å²) in [6, 6.07) is 10.3. The van der Waals surface area contributed by atoms with Crippen molar-refractivity contribution in [2.24, 2.45) is 7.05 Å². The van der Waals surface area contributed by atoms with Gasteiger partial charge in [-0.1, -0.05) is 29.8 Å². The van der Waals surface area contributed by atoms with Gasteiger partial charge in [0.05, 0.1) is 6.20 Å². The summed E-state index contributed by atoms with van der Waals surface area (Å²) >= 11 is 0. The number of carbonyl (C=O) groups excluding carboxylic acids is 1. The Morgan fingerprint density at radius 3 is 2.77 bits per heavy atom. The number of nitrogens with zero attached hydrogens (tertiary/aromatic N) is 4. The maximum Gasteiger partial charge on any atom is 0.272 e. The van der Waals surface area contributed by atoms with Crippen LogP contribution in [0.15, 0.2) is 42.7 Å². The third kappa shape index (κ3) is 3.03. The fraction of sp³-hybridized carbons (Fsp3) is 0.350. The molecule has 26 heavy (non-hydrogen) atoms. The molecule has 6 nitrogen and oxygen atoms in total. The van der Waals surface area contributed by atoms with Crippen LogP contribution in [-0.4, -0.2) is 43.9 Å². The summed E-state index contributed by atoms with van der Waals surface area (Å²) in [5.74, 6) is 0.311. The van der Waals surface area contributed by atoms with Gasteiger partial charge < -0.3 is 4.90 Å². The highest BCUT2D eigenvalue weighted by molar-refractivity contribution is 5.92.